The van der Waals surface area contributed by atoms with Crippen LogP contribution in [0.4, 0.5) is 0 Å². The average molecular weight is 245 g/mol. The van der Waals surface area contributed by atoms with Gasteiger partial charge in [-0.3, -0.25) is 0 Å². The van der Waals surface area contributed by atoms with Gasteiger partial charge in [0.05, 0.1) is 0 Å². The molecule has 0 nitrogen and oxygen atoms in total. The van der Waals surface area contributed by atoms with Gasteiger partial charge in [0.2, 0.25) is 0 Å². The summed E-state index contributed by atoms with van der Waals surface area (Å²) >= 11 is 0. The lowest BCUT2D eigenvalue weighted by molar-refractivity contribution is 0.975. The summed E-state index contributed by atoms with van der Waals surface area (Å²) in [4.78, 5) is 0. The van der Waals surface area contributed by atoms with E-state index >= 15 is 0 Å². The maximum absolute atomic E-state index is 6.23. The summed E-state index contributed by atoms with van der Waals surface area (Å²) in [5.41, 5.74) is 2.17. The van der Waals surface area contributed by atoms with Crippen molar-refractivity contribution in [1.29, 1.82) is 0 Å². The fourth-order valence-electron chi connectivity index (χ4n) is 2.65. The van der Waals surface area contributed by atoms with Gasteiger partial charge in [-0.25, -0.2) is 0 Å². The molecular formula is C19H17. The van der Waals surface area contributed by atoms with Gasteiger partial charge in [-0.15, -0.1) is 0 Å². The third-order valence-corrected chi connectivity index (χ3v) is 3.61. The zero-order valence-electron chi connectivity index (χ0n) is 11.2. The summed E-state index contributed by atoms with van der Waals surface area (Å²) in [6.07, 6.45) is 2.03. The number of fused-ring (bicyclic) bond motifs is 2. The van der Waals surface area contributed by atoms with Crippen molar-refractivity contribution in [3.8, 4) is 0 Å². The number of benzene rings is 3. The fraction of sp³-hybridized carbons (Fsp3) is 0.158. The molecule has 3 aromatic rings. The smallest absolute Gasteiger partial charge is 0.0102 e. The van der Waals surface area contributed by atoms with E-state index < -0.39 is 0 Å². The number of hydrogen-bond donors (Lipinski definition) is 0. The quantitative estimate of drug-likeness (QED) is 0.526. The van der Waals surface area contributed by atoms with Crippen molar-refractivity contribution >= 4 is 27.1 Å². The van der Waals surface area contributed by atoms with Gasteiger partial charge in [-0.05, 0) is 51.2 Å². The van der Waals surface area contributed by atoms with Crippen molar-refractivity contribution in [2.24, 2.45) is 0 Å². The first kappa shape index (κ1) is 12.0. The van der Waals surface area contributed by atoms with E-state index in [2.05, 4.69) is 61.5 Å². The van der Waals surface area contributed by atoms with Gasteiger partial charge >= 0.3 is 0 Å². The van der Waals surface area contributed by atoms with E-state index in [0.29, 0.717) is 0 Å². The molecule has 0 aromatic heterocycles. The predicted octanol–water partition coefficient (Wildman–Crippen LogP) is 5.61. The first-order valence-electron chi connectivity index (χ1n) is 6.83. The van der Waals surface area contributed by atoms with Crippen LogP contribution in [0.5, 0.6) is 0 Å². The minimum Gasteiger partial charge on any atom is -0.0651 e. The Balaban J connectivity index is 2.29. The summed E-state index contributed by atoms with van der Waals surface area (Å²) in [6, 6.07) is 19.3. The third-order valence-electron chi connectivity index (χ3n) is 3.61. The molecule has 0 atom stereocenters. The SMILES string of the molecule is [CH]=C(CCC)c1cccc2cc3ccccc3cc12. The molecule has 19 heavy (non-hydrogen) atoms. The third kappa shape index (κ3) is 2.15. The molecule has 3 rings (SSSR count). The van der Waals surface area contributed by atoms with Crippen LogP contribution in [-0.4, -0.2) is 0 Å². The lowest BCUT2D eigenvalue weighted by Gasteiger charge is -2.10. The fourth-order valence-corrected chi connectivity index (χ4v) is 2.65. The van der Waals surface area contributed by atoms with Crippen LogP contribution in [0.15, 0.2) is 54.6 Å². The summed E-state index contributed by atoms with van der Waals surface area (Å²) in [6.45, 7) is 8.39. The predicted molar refractivity (Wildman–Crippen MR) is 84.1 cm³/mol. The molecule has 0 bridgehead atoms. The average Bonchev–Trinajstić information content (AvgIpc) is 2.44. The van der Waals surface area contributed by atoms with E-state index in [9.17, 15) is 0 Å². The molecular weight excluding hydrogens is 228 g/mol. The molecule has 1 radical (unpaired) electrons. The second-order valence-electron chi connectivity index (χ2n) is 5.00. The molecule has 0 unspecified atom stereocenters. The maximum Gasteiger partial charge on any atom is -0.0102 e. The van der Waals surface area contributed by atoms with Crippen LogP contribution in [0.1, 0.15) is 25.3 Å². The number of rotatable bonds is 3. The van der Waals surface area contributed by atoms with E-state index in [1.807, 2.05) is 0 Å². The first-order valence-corrected chi connectivity index (χ1v) is 6.83. The maximum atomic E-state index is 6.23. The van der Waals surface area contributed by atoms with Crippen molar-refractivity contribution in [2.75, 3.05) is 0 Å². The molecule has 0 aliphatic heterocycles. The monoisotopic (exact) mass is 245 g/mol. The highest BCUT2D eigenvalue weighted by atomic mass is 14.1. The van der Waals surface area contributed by atoms with Gasteiger partial charge in [-0.1, -0.05) is 62.4 Å². The van der Waals surface area contributed by atoms with Gasteiger partial charge in [0.1, 0.15) is 0 Å². The van der Waals surface area contributed by atoms with Crippen LogP contribution in [0.25, 0.3) is 27.1 Å². The Morgan fingerprint density at radius 1 is 0.895 bits per heavy atom. The number of hydrogen-bond acceptors (Lipinski definition) is 0. The molecule has 0 aliphatic carbocycles. The van der Waals surface area contributed by atoms with E-state index in [4.69, 9.17) is 6.58 Å². The Bertz CT molecular complexity index is 750. The minimum atomic E-state index is 0.950. The van der Waals surface area contributed by atoms with Crippen LogP contribution in [0, 0.1) is 6.58 Å². The van der Waals surface area contributed by atoms with Crippen molar-refractivity contribution in [2.45, 2.75) is 19.8 Å². The van der Waals surface area contributed by atoms with Crippen LogP contribution >= 0.6 is 0 Å². The summed E-state index contributed by atoms with van der Waals surface area (Å²) in [7, 11) is 0. The molecule has 0 amide bonds. The van der Waals surface area contributed by atoms with Crippen molar-refractivity contribution < 1.29 is 0 Å². The van der Waals surface area contributed by atoms with Gasteiger partial charge < -0.3 is 0 Å². The standard InChI is InChI=1S/C19H17/c1-3-7-14(2)18-11-6-10-17-12-15-8-4-5-9-16(15)13-19(17)18/h2,4-6,8-13H,3,7H2,1H3. The molecule has 0 N–H and O–H groups in total. The Kier molecular flexibility index (Phi) is 3.08. The van der Waals surface area contributed by atoms with E-state index in [1.54, 1.807) is 0 Å². The lowest BCUT2D eigenvalue weighted by Crippen LogP contribution is -1.86. The molecule has 0 heteroatoms. The Hall–Kier alpha value is -2.08. The molecule has 0 saturated heterocycles. The molecule has 0 spiro atoms. The van der Waals surface area contributed by atoms with Crippen LogP contribution in [0.3, 0.4) is 0 Å². The molecule has 0 saturated carbocycles. The first-order chi connectivity index (χ1) is 9.29. The molecule has 0 heterocycles. The Morgan fingerprint density at radius 3 is 2.32 bits per heavy atom. The van der Waals surface area contributed by atoms with E-state index in [1.165, 1.54) is 27.1 Å². The van der Waals surface area contributed by atoms with Gasteiger partial charge in [0.15, 0.2) is 0 Å². The Morgan fingerprint density at radius 2 is 1.58 bits per heavy atom. The van der Waals surface area contributed by atoms with E-state index in [0.717, 1.165) is 18.4 Å². The van der Waals surface area contributed by atoms with Gasteiger partial charge in [0, 0.05) is 0 Å². The highest BCUT2D eigenvalue weighted by Crippen LogP contribution is 2.30. The summed E-state index contributed by atoms with van der Waals surface area (Å²) < 4.78 is 0. The van der Waals surface area contributed by atoms with Crippen LogP contribution in [0.2, 0.25) is 0 Å². The highest BCUT2D eigenvalue weighted by molar-refractivity contribution is 6.02. The van der Waals surface area contributed by atoms with Crippen LogP contribution in [-0.2, 0) is 0 Å². The van der Waals surface area contributed by atoms with E-state index in [-0.39, 0.29) is 0 Å². The van der Waals surface area contributed by atoms with Crippen molar-refractivity contribution in [3.63, 3.8) is 0 Å². The van der Waals surface area contributed by atoms with Crippen molar-refractivity contribution in [1.82, 2.24) is 0 Å². The van der Waals surface area contributed by atoms with Gasteiger partial charge in [-0.2, -0.15) is 0 Å². The minimum absolute atomic E-state index is 0.950. The number of allylic oxidation sites excluding steroid dienone is 1. The lowest BCUT2D eigenvalue weighted by atomic mass is 9.94. The second kappa shape index (κ2) is 4.89. The second-order valence-corrected chi connectivity index (χ2v) is 5.00. The molecule has 93 valence electrons. The molecule has 0 fully saturated rings. The summed E-state index contributed by atoms with van der Waals surface area (Å²) in [5.74, 6) is 0. The highest BCUT2D eigenvalue weighted by Gasteiger charge is 2.05. The largest absolute Gasteiger partial charge is 0.0651 e. The summed E-state index contributed by atoms with van der Waals surface area (Å²) in [5, 5.41) is 5.07. The molecule has 3 aromatic carbocycles. The van der Waals surface area contributed by atoms with Gasteiger partial charge in [0.25, 0.3) is 0 Å². The van der Waals surface area contributed by atoms with Crippen molar-refractivity contribution in [3.05, 3.63) is 66.7 Å². The zero-order chi connectivity index (χ0) is 13.2. The molecule has 0 aliphatic rings. The Labute approximate surface area is 114 Å². The normalized spacial score (nSPS) is 11.0. The van der Waals surface area contributed by atoms with Crippen LogP contribution < -0.4 is 0 Å². The zero-order valence-corrected chi connectivity index (χ0v) is 11.2. The topological polar surface area (TPSA) is 0 Å².